The maximum atomic E-state index is 7.37. The van der Waals surface area contributed by atoms with Crippen LogP contribution in [0.3, 0.4) is 0 Å². The number of fused-ring (bicyclic) bond motifs is 12. The van der Waals surface area contributed by atoms with Crippen molar-refractivity contribution < 1.29 is 18.9 Å². The van der Waals surface area contributed by atoms with E-state index in [-0.39, 0.29) is 0 Å². The number of nitrogens with zero attached hydrogens (tertiary/aromatic N) is 4. The molecule has 8 nitrogen and oxygen atoms in total. The summed E-state index contributed by atoms with van der Waals surface area (Å²) in [6, 6.07) is 141. The minimum absolute atomic E-state index is 0.393. The van der Waals surface area contributed by atoms with Crippen molar-refractivity contribution in [1.82, 2.24) is 18.3 Å². The SMILES string of the molecule is c1ccc2c(c1)c1ccccc1n2-c1ccc(-c2ccc(CC3(Cc4ccc(-c5ccc(-n6c7ccccc7c7ccccc76)cc5)cc4)OCC4(CO3)COC(Cc3ccc(-c5ccc(-n6c7ccccc7c7ccccc76)cc5)cc3)(Cc3ccc(-c5ccc(-n6c7ccccc7c7ccccc76)cc5)cc3)OC4)cc2)cc1. The quantitative estimate of drug-likeness (QED) is 0.0967. The molecule has 1 spiro atoms. The fraction of sp³-hybridized carbons (Fsp3) is 0.103. The van der Waals surface area contributed by atoms with E-state index in [1.54, 1.807) is 0 Å². The lowest BCUT2D eigenvalue weighted by Crippen LogP contribution is -2.60. The van der Waals surface area contributed by atoms with Crippen LogP contribution < -0.4 is 0 Å². The highest BCUT2D eigenvalue weighted by Crippen LogP contribution is 2.44. The normalized spacial score (nSPS) is 14.7. The van der Waals surface area contributed by atoms with Crippen LogP contribution in [0, 0.1) is 5.41 Å². The van der Waals surface area contributed by atoms with Gasteiger partial charge in [-0.2, -0.15) is 0 Å². The van der Waals surface area contributed by atoms with Crippen LogP contribution in [0.2, 0.25) is 0 Å². The highest BCUT2D eigenvalue weighted by molar-refractivity contribution is 6.12. The minimum Gasteiger partial charge on any atom is -0.348 e. The zero-order chi connectivity index (χ0) is 76.0. The molecule has 2 saturated heterocycles. The number of hydrogen-bond acceptors (Lipinski definition) is 4. The van der Waals surface area contributed by atoms with Gasteiger partial charge in [-0.05, 0) is 164 Å². The Kier molecular flexibility index (Phi) is 16.7. The molecule has 552 valence electrons. The molecule has 0 aliphatic carbocycles. The average Bonchev–Trinajstić information content (AvgIpc) is 1.04. The molecule has 16 aromatic carbocycles. The maximum Gasteiger partial charge on any atom is 0.176 e. The molecule has 115 heavy (non-hydrogen) atoms. The van der Waals surface area contributed by atoms with E-state index in [1.807, 2.05) is 0 Å². The van der Waals surface area contributed by atoms with Crippen molar-refractivity contribution in [3.8, 4) is 67.3 Å². The van der Waals surface area contributed by atoms with Gasteiger partial charge < -0.3 is 37.2 Å². The fourth-order valence-corrected chi connectivity index (χ4v) is 18.5. The van der Waals surface area contributed by atoms with Gasteiger partial charge in [0.05, 0.1) is 76.0 Å². The lowest BCUT2D eigenvalue weighted by Gasteiger charge is -2.51. The molecule has 2 fully saturated rings. The maximum absolute atomic E-state index is 7.37. The van der Waals surface area contributed by atoms with Crippen molar-refractivity contribution in [1.29, 1.82) is 0 Å². The molecule has 0 unspecified atom stereocenters. The van der Waals surface area contributed by atoms with E-state index in [1.165, 1.54) is 87.2 Å². The van der Waals surface area contributed by atoms with Gasteiger partial charge in [-0.25, -0.2) is 0 Å². The smallest absolute Gasteiger partial charge is 0.176 e. The number of rotatable bonds is 16. The lowest BCUT2D eigenvalue weighted by atomic mass is 9.86. The zero-order valence-electron chi connectivity index (χ0n) is 63.5. The highest BCUT2D eigenvalue weighted by Gasteiger charge is 2.51. The second kappa shape index (κ2) is 28.0. The first kappa shape index (κ1) is 68.4. The molecule has 6 heterocycles. The molecule has 2 aliphatic heterocycles. The van der Waals surface area contributed by atoms with Crippen LogP contribution in [-0.4, -0.2) is 56.3 Å². The molecule has 0 amide bonds. The van der Waals surface area contributed by atoms with Gasteiger partial charge in [0.2, 0.25) is 0 Å². The molecule has 0 saturated carbocycles. The molecule has 4 aromatic heterocycles. The van der Waals surface area contributed by atoms with E-state index in [0.29, 0.717) is 52.1 Å². The topological polar surface area (TPSA) is 56.6 Å². The van der Waals surface area contributed by atoms with E-state index in [9.17, 15) is 0 Å². The van der Waals surface area contributed by atoms with Crippen LogP contribution >= 0.6 is 0 Å². The van der Waals surface area contributed by atoms with Gasteiger partial charge in [-0.3, -0.25) is 0 Å². The molecule has 0 bridgehead atoms. The zero-order valence-corrected chi connectivity index (χ0v) is 63.5. The Morgan fingerprint density at radius 1 is 0.174 bits per heavy atom. The Bertz CT molecular complexity index is 5980. The van der Waals surface area contributed by atoms with Crippen molar-refractivity contribution in [3.63, 3.8) is 0 Å². The Hall–Kier alpha value is -13.4. The van der Waals surface area contributed by atoms with E-state index in [4.69, 9.17) is 18.9 Å². The van der Waals surface area contributed by atoms with Crippen molar-refractivity contribution >= 4 is 87.2 Å². The van der Waals surface area contributed by atoms with Crippen molar-refractivity contribution in [2.75, 3.05) is 26.4 Å². The number of benzene rings is 16. The van der Waals surface area contributed by atoms with Gasteiger partial charge in [-0.1, -0.05) is 291 Å². The van der Waals surface area contributed by atoms with Gasteiger partial charge in [0, 0.05) is 91.5 Å². The summed E-state index contributed by atoms with van der Waals surface area (Å²) >= 11 is 0. The van der Waals surface area contributed by atoms with Gasteiger partial charge in [0.1, 0.15) is 0 Å². The van der Waals surface area contributed by atoms with Crippen molar-refractivity contribution in [2.24, 2.45) is 5.41 Å². The molecule has 0 radical (unpaired) electrons. The summed E-state index contributed by atoms with van der Waals surface area (Å²) in [5, 5.41) is 10.0. The summed E-state index contributed by atoms with van der Waals surface area (Å²) in [7, 11) is 0. The monoisotopic (exact) mass is 1480 g/mol. The van der Waals surface area contributed by atoms with E-state index in [0.717, 1.165) is 89.5 Å². The Balaban J connectivity index is 0.545. The molecule has 0 atom stereocenters. The first-order valence-electron chi connectivity index (χ1n) is 40.1. The largest absolute Gasteiger partial charge is 0.348 e. The minimum atomic E-state index is -0.989. The van der Waals surface area contributed by atoms with Gasteiger partial charge in [0.25, 0.3) is 0 Å². The Morgan fingerprint density at radius 3 is 0.487 bits per heavy atom. The lowest BCUT2D eigenvalue weighted by molar-refractivity contribution is -0.366. The summed E-state index contributed by atoms with van der Waals surface area (Å²) in [5.74, 6) is -1.98. The third-order valence-corrected chi connectivity index (χ3v) is 24.4. The van der Waals surface area contributed by atoms with Gasteiger partial charge in [0.15, 0.2) is 11.6 Å². The molecule has 22 rings (SSSR count). The Labute approximate surface area is 667 Å². The number of ether oxygens (including phenoxy) is 4. The second-order valence-electron chi connectivity index (χ2n) is 31.6. The van der Waals surface area contributed by atoms with E-state index < -0.39 is 17.0 Å². The average molecular weight is 1490 g/mol. The van der Waals surface area contributed by atoms with Crippen LogP contribution in [0.1, 0.15) is 22.3 Å². The summed E-state index contributed by atoms with van der Waals surface area (Å²) in [6.45, 7) is 1.57. The summed E-state index contributed by atoms with van der Waals surface area (Å²) < 4.78 is 39.0. The van der Waals surface area contributed by atoms with Crippen LogP contribution in [0.4, 0.5) is 0 Å². The fourth-order valence-electron chi connectivity index (χ4n) is 18.5. The number of para-hydroxylation sites is 8. The number of aromatic nitrogens is 4. The van der Waals surface area contributed by atoms with E-state index >= 15 is 0 Å². The third kappa shape index (κ3) is 12.2. The second-order valence-corrected chi connectivity index (χ2v) is 31.6. The first-order chi connectivity index (χ1) is 56.8. The molecule has 0 N–H and O–H groups in total. The summed E-state index contributed by atoms with van der Waals surface area (Å²) in [4.78, 5) is 0. The first-order valence-corrected chi connectivity index (χ1v) is 40.1. The molecule has 8 heteroatoms. The van der Waals surface area contributed by atoms with Crippen LogP contribution in [-0.2, 0) is 44.6 Å². The molecule has 20 aromatic rings. The standard InChI is InChI=1S/C107H80N4O4/c1-9-25-97-89(17-1)90-18-2-10-26-98(90)108(97)85-57-49-81(50-58-85)77-41-33-73(34-42-77)65-106(66-74-35-43-78(44-36-74)82-51-59-86(60-52-82)109-99-27-11-3-19-91(99)92-20-4-12-28-100(92)109)112-69-105(70-113-106)71-114-107(115-72-105,67-75-37-45-79(46-38-75)83-53-61-87(62-54-83)110-101-29-13-5-21-93(101)94-22-6-14-30-102(94)110)68-76-39-47-80(48-40-76)84-55-63-88(64-56-84)111-103-31-15-7-23-95(103)96-24-8-16-32-104(96)111/h1-64H,65-72H2. The summed E-state index contributed by atoms with van der Waals surface area (Å²) in [6.07, 6.45) is 2.15. The van der Waals surface area contributed by atoms with Crippen LogP contribution in [0.15, 0.2) is 388 Å². The Morgan fingerprint density at radius 2 is 0.322 bits per heavy atom. The van der Waals surface area contributed by atoms with Crippen molar-refractivity contribution in [2.45, 2.75) is 37.3 Å². The predicted molar refractivity (Wildman–Crippen MR) is 471 cm³/mol. The highest BCUT2D eigenvalue weighted by atomic mass is 16.7. The third-order valence-electron chi connectivity index (χ3n) is 24.4. The molecular formula is C107H80N4O4. The summed E-state index contributed by atoms with van der Waals surface area (Å²) in [5.41, 5.74) is 27.2. The van der Waals surface area contributed by atoms with Gasteiger partial charge in [-0.15, -0.1) is 0 Å². The number of hydrogen-bond donors (Lipinski definition) is 0. The van der Waals surface area contributed by atoms with Gasteiger partial charge >= 0.3 is 0 Å². The predicted octanol–water partition coefficient (Wildman–Crippen LogP) is 25.5. The van der Waals surface area contributed by atoms with Crippen LogP contribution in [0.25, 0.3) is 154 Å². The molecular weight excluding hydrogens is 1410 g/mol. The van der Waals surface area contributed by atoms with E-state index in [2.05, 4.69) is 407 Å². The van der Waals surface area contributed by atoms with Crippen LogP contribution in [0.5, 0.6) is 0 Å². The van der Waals surface area contributed by atoms with Crippen molar-refractivity contribution in [3.05, 3.63) is 411 Å². The molecule has 2 aliphatic rings.